The number of carbonyl (C=O) groups is 1. The van der Waals surface area contributed by atoms with E-state index in [-0.39, 0.29) is 22.3 Å². The Morgan fingerprint density at radius 2 is 2.21 bits per heavy atom. The average molecular weight is 233 g/mol. The zero-order chi connectivity index (χ0) is 10.8. The first-order valence-electron chi connectivity index (χ1n) is 4.12. The summed E-state index contributed by atoms with van der Waals surface area (Å²) in [5.41, 5.74) is 0.537. The zero-order valence-corrected chi connectivity index (χ0v) is 9.61. The van der Waals surface area contributed by atoms with Crippen molar-refractivity contribution < 1.29 is 13.2 Å². The summed E-state index contributed by atoms with van der Waals surface area (Å²) in [4.78, 5) is 14.7. The molecule has 0 aromatic carbocycles. The van der Waals surface area contributed by atoms with Gasteiger partial charge >= 0.3 is 0 Å². The lowest BCUT2D eigenvalue weighted by atomic mass is 10.3. The molecule has 1 rings (SSSR count). The van der Waals surface area contributed by atoms with E-state index in [0.717, 1.165) is 11.3 Å². The molecule has 0 aliphatic carbocycles. The molecule has 0 saturated heterocycles. The highest BCUT2D eigenvalue weighted by atomic mass is 32.2. The fraction of sp³-hybridized carbons (Fsp3) is 0.500. The lowest BCUT2D eigenvalue weighted by molar-refractivity contribution is -0.116. The molecule has 6 heteroatoms. The van der Waals surface area contributed by atoms with Crippen LogP contribution < -0.4 is 0 Å². The predicted octanol–water partition coefficient (Wildman–Crippen LogP) is 1.07. The first kappa shape index (κ1) is 11.3. The molecular weight excluding hydrogens is 222 g/mol. The molecule has 0 unspecified atom stereocenters. The maximum absolute atomic E-state index is 11.4. The minimum absolute atomic E-state index is 0.0178. The van der Waals surface area contributed by atoms with Crippen molar-refractivity contribution >= 4 is 27.0 Å². The van der Waals surface area contributed by atoms with Crippen LogP contribution in [0.4, 0.5) is 0 Å². The van der Waals surface area contributed by atoms with Gasteiger partial charge in [0.2, 0.25) is 14.2 Å². The lowest BCUT2D eigenvalue weighted by Crippen LogP contribution is -2.04. The molecule has 0 N–H and O–H groups in total. The molecule has 0 aliphatic heterocycles. The second kappa shape index (κ2) is 4.18. The topological polar surface area (TPSA) is 64.1 Å². The van der Waals surface area contributed by atoms with E-state index in [9.17, 15) is 13.2 Å². The van der Waals surface area contributed by atoms with Gasteiger partial charge in [-0.25, -0.2) is 13.4 Å². The average Bonchev–Trinajstić information content (AvgIpc) is 2.52. The maximum Gasteiger partial charge on any atom is 0.209 e. The first-order valence-corrected chi connectivity index (χ1v) is 6.65. The molecule has 0 aliphatic rings. The van der Waals surface area contributed by atoms with Crippen LogP contribution in [0.1, 0.15) is 19.5 Å². The molecular formula is C8H11NO3S2. The van der Waals surface area contributed by atoms with Gasteiger partial charge in [-0.2, -0.15) is 0 Å². The number of Topliss-reactive ketones (excluding diaryl/α,β-unsaturated/α-hetero) is 1. The molecule has 4 nitrogen and oxygen atoms in total. The third-order valence-corrected chi connectivity index (χ3v) is 4.72. The van der Waals surface area contributed by atoms with Crippen molar-refractivity contribution in [2.24, 2.45) is 0 Å². The Balaban J connectivity index is 2.94. The van der Waals surface area contributed by atoms with Gasteiger partial charge in [-0.05, 0) is 6.92 Å². The fourth-order valence-corrected chi connectivity index (χ4v) is 3.02. The SMILES string of the molecule is CCS(=O)(=O)c1nc(CC(C)=O)cs1. The van der Waals surface area contributed by atoms with Gasteiger partial charge in [0, 0.05) is 11.8 Å². The second-order valence-electron chi connectivity index (χ2n) is 2.89. The Labute approximate surface area is 86.9 Å². The minimum atomic E-state index is -3.22. The van der Waals surface area contributed by atoms with Crippen molar-refractivity contribution in [1.29, 1.82) is 0 Å². The van der Waals surface area contributed by atoms with Crippen LogP contribution in [-0.2, 0) is 21.1 Å². The summed E-state index contributed by atoms with van der Waals surface area (Å²) in [6.45, 7) is 3.02. The Kier molecular flexibility index (Phi) is 3.38. The molecule has 0 saturated carbocycles. The van der Waals surface area contributed by atoms with Crippen LogP contribution >= 0.6 is 11.3 Å². The van der Waals surface area contributed by atoms with Crippen LogP contribution in [0.25, 0.3) is 0 Å². The van der Waals surface area contributed by atoms with E-state index in [1.165, 1.54) is 6.92 Å². The van der Waals surface area contributed by atoms with Crippen molar-refractivity contribution in [2.45, 2.75) is 24.6 Å². The van der Waals surface area contributed by atoms with Crippen LogP contribution in [0.5, 0.6) is 0 Å². The van der Waals surface area contributed by atoms with Crippen LogP contribution in [0.15, 0.2) is 9.72 Å². The Hall–Kier alpha value is -0.750. The summed E-state index contributed by atoms with van der Waals surface area (Å²) in [5.74, 6) is 0.0239. The van der Waals surface area contributed by atoms with Crippen LogP contribution in [0.2, 0.25) is 0 Å². The number of carbonyl (C=O) groups excluding carboxylic acids is 1. The Morgan fingerprint density at radius 3 is 2.71 bits per heavy atom. The molecule has 1 aromatic heterocycles. The van der Waals surface area contributed by atoms with Gasteiger partial charge < -0.3 is 0 Å². The maximum atomic E-state index is 11.4. The van der Waals surface area contributed by atoms with Crippen molar-refractivity contribution in [3.05, 3.63) is 11.1 Å². The summed E-state index contributed by atoms with van der Waals surface area (Å²) in [7, 11) is -3.22. The predicted molar refractivity (Wildman–Crippen MR) is 54.2 cm³/mol. The molecule has 0 amide bonds. The van der Waals surface area contributed by atoms with E-state index in [0.29, 0.717) is 5.69 Å². The monoisotopic (exact) mass is 233 g/mol. The van der Waals surface area contributed by atoms with Crippen LogP contribution in [0.3, 0.4) is 0 Å². The number of rotatable bonds is 4. The molecule has 78 valence electrons. The summed E-state index contributed by atoms with van der Waals surface area (Å²) >= 11 is 1.07. The lowest BCUT2D eigenvalue weighted by Gasteiger charge is -1.93. The van der Waals surface area contributed by atoms with Gasteiger partial charge in [-0.1, -0.05) is 6.92 Å². The fourth-order valence-electron chi connectivity index (χ4n) is 0.891. The molecule has 0 spiro atoms. The molecule has 0 atom stereocenters. The van der Waals surface area contributed by atoms with Crippen LogP contribution in [-0.4, -0.2) is 24.9 Å². The number of sulfone groups is 1. The highest BCUT2D eigenvalue weighted by molar-refractivity contribution is 7.93. The van der Waals surface area contributed by atoms with Gasteiger partial charge in [-0.15, -0.1) is 11.3 Å². The normalized spacial score (nSPS) is 11.6. The summed E-state index contributed by atoms with van der Waals surface area (Å²) < 4.78 is 22.8. The molecule has 1 heterocycles. The van der Waals surface area contributed by atoms with Gasteiger partial charge in [-0.3, -0.25) is 4.79 Å². The third-order valence-electron chi connectivity index (χ3n) is 1.61. The molecule has 1 aromatic rings. The molecule has 0 fully saturated rings. The highest BCUT2D eigenvalue weighted by Gasteiger charge is 2.16. The second-order valence-corrected chi connectivity index (χ2v) is 6.20. The largest absolute Gasteiger partial charge is 0.300 e. The van der Waals surface area contributed by atoms with Gasteiger partial charge in [0.25, 0.3) is 0 Å². The Morgan fingerprint density at radius 1 is 1.57 bits per heavy atom. The zero-order valence-electron chi connectivity index (χ0n) is 7.98. The van der Waals surface area contributed by atoms with Crippen molar-refractivity contribution in [3.8, 4) is 0 Å². The first-order chi connectivity index (χ1) is 6.45. The number of aromatic nitrogens is 1. The quantitative estimate of drug-likeness (QED) is 0.780. The smallest absolute Gasteiger partial charge is 0.209 e. The number of thiazole rings is 1. The number of hydrogen-bond acceptors (Lipinski definition) is 5. The number of nitrogens with zero attached hydrogens (tertiary/aromatic N) is 1. The van der Waals surface area contributed by atoms with E-state index >= 15 is 0 Å². The van der Waals surface area contributed by atoms with Crippen molar-refractivity contribution in [2.75, 3.05) is 5.75 Å². The van der Waals surface area contributed by atoms with E-state index in [2.05, 4.69) is 4.98 Å². The number of hydrogen-bond donors (Lipinski definition) is 0. The molecule has 0 radical (unpaired) electrons. The summed E-state index contributed by atoms with van der Waals surface area (Å²) in [6, 6.07) is 0. The van der Waals surface area contributed by atoms with Gasteiger partial charge in [0.15, 0.2) is 0 Å². The standard InChI is InChI=1S/C8H11NO3S2/c1-3-14(11,12)8-9-7(5-13-8)4-6(2)10/h5H,3-4H2,1-2H3. The summed E-state index contributed by atoms with van der Waals surface area (Å²) in [5, 5.41) is 1.62. The highest BCUT2D eigenvalue weighted by Crippen LogP contribution is 2.17. The third kappa shape index (κ3) is 2.62. The van der Waals surface area contributed by atoms with Gasteiger partial charge in [0.1, 0.15) is 5.78 Å². The Bertz CT molecular complexity index is 433. The van der Waals surface area contributed by atoms with Crippen molar-refractivity contribution in [1.82, 2.24) is 4.98 Å². The van der Waals surface area contributed by atoms with E-state index in [1.807, 2.05) is 0 Å². The van der Waals surface area contributed by atoms with Crippen LogP contribution in [0, 0.1) is 0 Å². The van der Waals surface area contributed by atoms with Gasteiger partial charge in [0.05, 0.1) is 11.4 Å². The number of ketones is 1. The molecule has 14 heavy (non-hydrogen) atoms. The van der Waals surface area contributed by atoms with E-state index in [1.54, 1.807) is 12.3 Å². The van der Waals surface area contributed by atoms with Crippen molar-refractivity contribution in [3.63, 3.8) is 0 Å². The summed E-state index contributed by atoms with van der Waals surface area (Å²) in [6.07, 6.45) is 0.204. The minimum Gasteiger partial charge on any atom is -0.300 e. The van der Waals surface area contributed by atoms with E-state index < -0.39 is 9.84 Å². The molecule has 0 bridgehead atoms. The van der Waals surface area contributed by atoms with E-state index in [4.69, 9.17) is 0 Å².